The molecule has 17 heavy (non-hydrogen) atoms. The topological polar surface area (TPSA) is 60.6 Å². The number of aryl methyl sites for hydroxylation is 1. The quantitative estimate of drug-likeness (QED) is 0.771. The Kier molecular flexibility index (Phi) is 5.72. The number of anilines is 2. The lowest BCUT2D eigenvalue weighted by Gasteiger charge is -2.23. The van der Waals surface area contributed by atoms with Crippen LogP contribution in [0.25, 0.3) is 0 Å². The number of aromatic nitrogens is 1. The fourth-order valence-electron chi connectivity index (χ4n) is 1.48. The van der Waals surface area contributed by atoms with Crippen molar-refractivity contribution in [2.24, 2.45) is 0 Å². The van der Waals surface area contributed by atoms with Gasteiger partial charge in [0.05, 0.1) is 24.6 Å². The number of methoxy groups -OCH3 is 2. The molecule has 0 fully saturated rings. The summed E-state index contributed by atoms with van der Waals surface area (Å²) in [6.45, 7) is 4.81. The molecule has 1 heterocycles. The van der Waals surface area contributed by atoms with Crippen molar-refractivity contribution in [3.05, 3.63) is 17.8 Å². The smallest absolute Gasteiger partial charge is 0.129 e. The maximum absolute atomic E-state index is 5.76. The number of hydrogen-bond acceptors (Lipinski definition) is 5. The van der Waals surface area contributed by atoms with E-state index in [1.807, 2.05) is 19.1 Å². The van der Waals surface area contributed by atoms with Crippen LogP contribution < -0.4 is 10.6 Å². The Morgan fingerprint density at radius 1 is 1.18 bits per heavy atom. The molecule has 0 spiro atoms. The summed E-state index contributed by atoms with van der Waals surface area (Å²) < 4.78 is 10.2. The van der Waals surface area contributed by atoms with E-state index in [1.165, 1.54) is 0 Å². The third-order valence-corrected chi connectivity index (χ3v) is 2.57. The van der Waals surface area contributed by atoms with Crippen LogP contribution in [0.3, 0.4) is 0 Å². The molecule has 0 saturated carbocycles. The van der Waals surface area contributed by atoms with Gasteiger partial charge in [0.2, 0.25) is 0 Å². The highest BCUT2D eigenvalue weighted by molar-refractivity contribution is 5.50. The van der Waals surface area contributed by atoms with Gasteiger partial charge in [0.25, 0.3) is 0 Å². The summed E-state index contributed by atoms with van der Waals surface area (Å²) in [6, 6.07) is 3.80. The molecule has 1 rings (SSSR count). The minimum Gasteiger partial charge on any atom is -0.397 e. The Hall–Kier alpha value is -1.33. The summed E-state index contributed by atoms with van der Waals surface area (Å²) in [5.74, 6) is 0.908. The number of nitrogen functional groups attached to an aromatic ring is 1. The Labute approximate surface area is 103 Å². The zero-order valence-corrected chi connectivity index (χ0v) is 10.8. The molecule has 0 aliphatic heterocycles. The van der Waals surface area contributed by atoms with Crippen LogP contribution in [0.1, 0.15) is 5.69 Å². The van der Waals surface area contributed by atoms with Gasteiger partial charge in [0, 0.05) is 27.3 Å². The van der Waals surface area contributed by atoms with Crippen LogP contribution >= 0.6 is 0 Å². The van der Waals surface area contributed by atoms with E-state index in [9.17, 15) is 0 Å². The van der Waals surface area contributed by atoms with E-state index in [1.54, 1.807) is 14.2 Å². The van der Waals surface area contributed by atoms with E-state index >= 15 is 0 Å². The van der Waals surface area contributed by atoms with Crippen molar-refractivity contribution >= 4 is 11.5 Å². The van der Waals surface area contributed by atoms with Crippen LogP contribution in [-0.2, 0) is 9.47 Å². The van der Waals surface area contributed by atoms with E-state index in [-0.39, 0.29) is 0 Å². The molecule has 5 nitrogen and oxygen atoms in total. The highest BCUT2D eigenvalue weighted by Gasteiger charge is 2.08. The second-order valence-electron chi connectivity index (χ2n) is 3.82. The fourth-order valence-corrected chi connectivity index (χ4v) is 1.48. The van der Waals surface area contributed by atoms with Crippen molar-refractivity contribution in [3.8, 4) is 0 Å². The van der Waals surface area contributed by atoms with Crippen LogP contribution in [0.2, 0.25) is 0 Å². The standard InChI is InChI=1S/C12H21N3O2/c1-10-11(13)4-5-12(14-10)15(6-8-16-2)7-9-17-3/h4-5H,6-9,13H2,1-3H3. The molecule has 0 saturated heterocycles. The molecule has 0 amide bonds. The molecule has 5 heteroatoms. The van der Waals surface area contributed by atoms with E-state index in [4.69, 9.17) is 15.2 Å². The van der Waals surface area contributed by atoms with Gasteiger partial charge in [0.15, 0.2) is 0 Å². The van der Waals surface area contributed by atoms with Crippen LogP contribution in [0, 0.1) is 6.92 Å². The average Bonchev–Trinajstić information content (AvgIpc) is 2.33. The number of hydrogen-bond donors (Lipinski definition) is 1. The molecule has 1 aromatic heterocycles. The molecule has 0 unspecified atom stereocenters. The summed E-state index contributed by atoms with van der Waals surface area (Å²) in [4.78, 5) is 6.59. The fraction of sp³-hybridized carbons (Fsp3) is 0.583. The summed E-state index contributed by atoms with van der Waals surface area (Å²) in [7, 11) is 3.38. The first kappa shape index (κ1) is 13.7. The van der Waals surface area contributed by atoms with Crippen molar-refractivity contribution in [2.75, 3.05) is 51.2 Å². The number of ether oxygens (including phenoxy) is 2. The molecule has 0 radical (unpaired) electrons. The molecule has 0 atom stereocenters. The van der Waals surface area contributed by atoms with Gasteiger partial charge >= 0.3 is 0 Å². The molecule has 1 aromatic rings. The Balaban J connectivity index is 2.75. The van der Waals surface area contributed by atoms with E-state index in [2.05, 4.69) is 9.88 Å². The molecule has 2 N–H and O–H groups in total. The van der Waals surface area contributed by atoms with Gasteiger partial charge in [0.1, 0.15) is 5.82 Å². The molecule has 96 valence electrons. The number of nitrogens with two attached hydrogens (primary N) is 1. The van der Waals surface area contributed by atoms with Crippen LogP contribution in [0.4, 0.5) is 11.5 Å². The minimum atomic E-state index is 0.662. The minimum absolute atomic E-state index is 0.662. The van der Waals surface area contributed by atoms with Crippen molar-refractivity contribution in [2.45, 2.75) is 6.92 Å². The van der Waals surface area contributed by atoms with Gasteiger partial charge in [-0.25, -0.2) is 4.98 Å². The maximum atomic E-state index is 5.76. The van der Waals surface area contributed by atoms with E-state index in [0.717, 1.165) is 24.6 Å². The SMILES string of the molecule is COCCN(CCOC)c1ccc(N)c(C)n1. The lowest BCUT2D eigenvalue weighted by atomic mass is 10.3. The lowest BCUT2D eigenvalue weighted by Crippen LogP contribution is -2.31. The van der Waals surface area contributed by atoms with Gasteiger partial charge in [-0.3, -0.25) is 0 Å². The highest BCUT2D eigenvalue weighted by Crippen LogP contribution is 2.15. The summed E-state index contributed by atoms with van der Waals surface area (Å²) in [5, 5.41) is 0. The second kappa shape index (κ2) is 7.09. The molecular weight excluding hydrogens is 218 g/mol. The van der Waals surface area contributed by atoms with E-state index < -0.39 is 0 Å². The maximum Gasteiger partial charge on any atom is 0.129 e. The van der Waals surface area contributed by atoms with E-state index in [0.29, 0.717) is 18.9 Å². The molecular formula is C12H21N3O2. The van der Waals surface area contributed by atoms with Crippen molar-refractivity contribution in [3.63, 3.8) is 0 Å². The molecule has 0 aromatic carbocycles. The Bertz CT molecular complexity index is 337. The zero-order valence-electron chi connectivity index (χ0n) is 10.8. The van der Waals surface area contributed by atoms with Gasteiger partial charge in [-0.05, 0) is 19.1 Å². The predicted molar refractivity (Wildman–Crippen MR) is 69.4 cm³/mol. The monoisotopic (exact) mass is 239 g/mol. The number of rotatable bonds is 7. The third-order valence-electron chi connectivity index (χ3n) is 2.57. The molecule has 0 bridgehead atoms. The number of nitrogens with zero attached hydrogens (tertiary/aromatic N) is 2. The summed E-state index contributed by atoms with van der Waals surface area (Å²) in [5.41, 5.74) is 7.32. The van der Waals surface area contributed by atoms with Crippen LogP contribution in [0.15, 0.2) is 12.1 Å². The normalized spacial score (nSPS) is 10.5. The predicted octanol–water partition coefficient (Wildman–Crippen LogP) is 1.07. The van der Waals surface area contributed by atoms with Crippen molar-refractivity contribution < 1.29 is 9.47 Å². The van der Waals surface area contributed by atoms with Crippen molar-refractivity contribution in [1.29, 1.82) is 0 Å². The van der Waals surface area contributed by atoms with Gasteiger partial charge in [-0.2, -0.15) is 0 Å². The van der Waals surface area contributed by atoms with Crippen LogP contribution in [0.5, 0.6) is 0 Å². The first-order valence-electron chi connectivity index (χ1n) is 5.65. The first-order valence-corrected chi connectivity index (χ1v) is 5.65. The average molecular weight is 239 g/mol. The largest absolute Gasteiger partial charge is 0.397 e. The molecule has 0 aliphatic carbocycles. The zero-order chi connectivity index (χ0) is 12.7. The van der Waals surface area contributed by atoms with Gasteiger partial charge in [-0.1, -0.05) is 0 Å². The summed E-state index contributed by atoms with van der Waals surface area (Å²) >= 11 is 0. The highest BCUT2D eigenvalue weighted by atomic mass is 16.5. The van der Waals surface area contributed by atoms with Gasteiger partial charge in [-0.15, -0.1) is 0 Å². The first-order chi connectivity index (χ1) is 8.19. The van der Waals surface area contributed by atoms with Gasteiger partial charge < -0.3 is 20.1 Å². The van der Waals surface area contributed by atoms with Crippen molar-refractivity contribution in [1.82, 2.24) is 4.98 Å². The number of pyridine rings is 1. The lowest BCUT2D eigenvalue weighted by molar-refractivity contribution is 0.190. The second-order valence-corrected chi connectivity index (χ2v) is 3.82. The summed E-state index contributed by atoms with van der Waals surface area (Å²) in [6.07, 6.45) is 0. The third kappa shape index (κ3) is 4.20. The molecule has 0 aliphatic rings. The van der Waals surface area contributed by atoms with Crippen LogP contribution in [-0.4, -0.2) is 45.5 Å². The Morgan fingerprint density at radius 2 is 1.76 bits per heavy atom. The Morgan fingerprint density at radius 3 is 2.24 bits per heavy atom.